The first-order valence-corrected chi connectivity index (χ1v) is 8.89. The molecule has 27 heavy (non-hydrogen) atoms. The fraction of sp³-hybridized carbons (Fsp3) is 0.353. The van der Waals surface area contributed by atoms with Gasteiger partial charge in [-0.1, -0.05) is 0 Å². The number of nitrogens with zero attached hydrogens (tertiary/aromatic N) is 2. The number of anilines is 1. The van der Waals surface area contributed by atoms with E-state index in [0.717, 1.165) is 16.0 Å². The molecule has 9 nitrogen and oxygen atoms in total. The lowest BCUT2D eigenvalue weighted by Gasteiger charge is -2.14. The molecule has 0 fully saturated rings. The van der Waals surface area contributed by atoms with Crippen molar-refractivity contribution in [1.82, 2.24) is 9.78 Å². The number of Topliss-reactive ketones (excluding diaryl/α,β-unsaturated/α-hetero) is 1. The van der Waals surface area contributed by atoms with Gasteiger partial charge in [0.05, 0.1) is 17.0 Å². The Hall–Kier alpha value is -3.01. The van der Waals surface area contributed by atoms with Crippen molar-refractivity contribution < 1.29 is 29.0 Å². The van der Waals surface area contributed by atoms with Gasteiger partial charge in [-0.05, 0) is 39.3 Å². The smallest absolute Gasteiger partial charge is 0.354 e. The summed E-state index contributed by atoms with van der Waals surface area (Å²) in [6.07, 6.45) is 1.28. The molecule has 10 heteroatoms. The van der Waals surface area contributed by atoms with E-state index in [2.05, 4.69) is 10.4 Å². The highest BCUT2D eigenvalue weighted by Crippen LogP contribution is 2.34. The van der Waals surface area contributed by atoms with Crippen molar-refractivity contribution in [3.05, 3.63) is 34.0 Å². The lowest BCUT2D eigenvalue weighted by atomic mass is 10.1. The Morgan fingerprint density at radius 3 is 2.59 bits per heavy atom. The van der Waals surface area contributed by atoms with E-state index in [9.17, 15) is 19.2 Å². The van der Waals surface area contributed by atoms with Gasteiger partial charge in [0.15, 0.2) is 5.78 Å². The fourth-order valence-corrected chi connectivity index (χ4v) is 3.60. The highest BCUT2D eigenvalue weighted by molar-refractivity contribution is 7.18. The van der Waals surface area contributed by atoms with Gasteiger partial charge in [0.2, 0.25) is 5.91 Å². The normalized spacial score (nSPS) is 11.7. The maximum Gasteiger partial charge on any atom is 0.354 e. The number of carbonyl (C=O) groups is 4. The zero-order chi connectivity index (χ0) is 20.3. The summed E-state index contributed by atoms with van der Waals surface area (Å²) in [6.45, 7) is 6.24. The number of ether oxygens (including phenoxy) is 1. The van der Waals surface area contributed by atoms with Crippen molar-refractivity contribution in [2.24, 2.45) is 0 Å². The molecule has 0 radical (unpaired) electrons. The maximum absolute atomic E-state index is 12.6. The van der Waals surface area contributed by atoms with E-state index in [4.69, 9.17) is 9.84 Å². The van der Waals surface area contributed by atoms with Gasteiger partial charge < -0.3 is 15.2 Å². The molecule has 0 saturated carbocycles. The van der Waals surface area contributed by atoms with Gasteiger partial charge in [-0.2, -0.15) is 5.10 Å². The molecule has 1 atom stereocenters. The number of ketones is 1. The fourth-order valence-electron chi connectivity index (χ4n) is 2.51. The summed E-state index contributed by atoms with van der Waals surface area (Å²) < 4.78 is 6.08. The summed E-state index contributed by atoms with van der Waals surface area (Å²) >= 11 is 0.974. The number of amides is 1. The van der Waals surface area contributed by atoms with Crippen LogP contribution in [0.2, 0.25) is 0 Å². The number of carboxylic acids is 1. The number of carboxylic acid groups (broad SMARTS) is 1. The van der Waals surface area contributed by atoms with Crippen molar-refractivity contribution >= 4 is 40.0 Å². The molecule has 0 aliphatic carbocycles. The number of rotatable bonds is 7. The summed E-state index contributed by atoms with van der Waals surface area (Å²) in [6, 6.07) is 0.323. The number of esters is 1. The molecule has 2 heterocycles. The Labute approximate surface area is 158 Å². The van der Waals surface area contributed by atoms with Crippen molar-refractivity contribution in [2.75, 3.05) is 11.9 Å². The number of hydrogen-bond acceptors (Lipinski definition) is 7. The Morgan fingerprint density at radius 1 is 1.37 bits per heavy atom. The van der Waals surface area contributed by atoms with Gasteiger partial charge in [0.25, 0.3) is 0 Å². The number of hydrogen-bond donors (Lipinski definition) is 2. The zero-order valence-corrected chi connectivity index (χ0v) is 16.0. The van der Waals surface area contributed by atoms with Crippen LogP contribution in [0.25, 0.3) is 0 Å². The molecule has 0 bridgehead atoms. The molecule has 2 aromatic heterocycles. The largest absolute Gasteiger partial charge is 0.477 e. The molecule has 0 aromatic carbocycles. The number of carbonyl (C=O) groups excluding carboxylic acids is 3. The van der Waals surface area contributed by atoms with E-state index in [1.165, 1.54) is 26.1 Å². The molecule has 0 spiro atoms. The van der Waals surface area contributed by atoms with Gasteiger partial charge in [0.1, 0.15) is 16.7 Å². The topological polar surface area (TPSA) is 128 Å². The third-order valence-corrected chi connectivity index (χ3v) is 5.13. The van der Waals surface area contributed by atoms with Gasteiger partial charge in [-0.3, -0.25) is 9.59 Å². The maximum atomic E-state index is 12.6. The van der Waals surface area contributed by atoms with Crippen LogP contribution in [-0.4, -0.2) is 45.1 Å². The minimum Gasteiger partial charge on any atom is -0.477 e. The molecular weight excluding hydrogens is 374 g/mol. The van der Waals surface area contributed by atoms with E-state index in [1.54, 1.807) is 13.8 Å². The molecule has 2 N–H and O–H groups in total. The Bertz CT molecular complexity index is 914. The Morgan fingerprint density at radius 2 is 2.04 bits per heavy atom. The van der Waals surface area contributed by atoms with E-state index < -0.39 is 23.9 Å². The van der Waals surface area contributed by atoms with E-state index in [-0.39, 0.29) is 28.6 Å². The molecule has 1 unspecified atom stereocenters. The SMILES string of the molecule is CCOC(=O)c1c(NC(=O)C(C)n2nccc2C(=O)O)sc(C(C)=O)c1C. The Balaban J connectivity index is 2.38. The van der Waals surface area contributed by atoms with E-state index >= 15 is 0 Å². The average molecular weight is 393 g/mol. The van der Waals surface area contributed by atoms with E-state index in [1.807, 2.05) is 0 Å². The molecule has 144 valence electrons. The second kappa shape index (κ2) is 8.12. The standard InChI is InChI=1S/C17H19N3O6S/c1-5-26-17(25)12-8(2)13(10(4)21)27-15(12)19-14(22)9(3)20-11(16(23)24)6-7-18-20/h6-7,9H,5H2,1-4H3,(H,19,22)(H,23,24). The quantitative estimate of drug-likeness (QED) is 0.546. The summed E-state index contributed by atoms with van der Waals surface area (Å²) in [4.78, 5) is 48.2. The second-order valence-corrected chi connectivity index (χ2v) is 6.69. The Kier molecular flexibility index (Phi) is 6.11. The van der Waals surface area contributed by atoms with Gasteiger partial charge >= 0.3 is 11.9 Å². The van der Waals surface area contributed by atoms with Gasteiger partial charge in [-0.25, -0.2) is 14.3 Å². The molecule has 0 aliphatic heterocycles. The first-order valence-electron chi connectivity index (χ1n) is 8.08. The third kappa shape index (κ3) is 4.05. The number of thiophene rings is 1. The average Bonchev–Trinajstić information content (AvgIpc) is 3.19. The molecule has 0 saturated heterocycles. The number of aromatic nitrogens is 2. The molecule has 0 aliphatic rings. The van der Waals surface area contributed by atoms with Crippen molar-refractivity contribution in [3.63, 3.8) is 0 Å². The molecule has 2 aromatic rings. The van der Waals surface area contributed by atoms with Crippen LogP contribution < -0.4 is 5.32 Å². The summed E-state index contributed by atoms with van der Waals surface area (Å²) in [5.41, 5.74) is 0.404. The van der Waals surface area contributed by atoms with Crippen LogP contribution in [0.15, 0.2) is 12.3 Å². The van der Waals surface area contributed by atoms with Crippen molar-refractivity contribution in [3.8, 4) is 0 Å². The number of aromatic carboxylic acids is 1. The number of nitrogens with one attached hydrogen (secondary N) is 1. The summed E-state index contributed by atoms with van der Waals surface area (Å²) in [5.74, 6) is -2.68. The van der Waals surface area contributed by atoms with Crippen LogP contribution in [0.1, 0.15) is 62.9 Å². The molecule has 2 rings (SSSR count). The van der Waals surface area contributed by atoms with Crippen LogP contribution in [0.4, 0.5) is 5.00 Å². The van der Waals surface area contributed by atoms with E-state index in [0.29, 0.717) is 10.4 Å². The molecular formula is C17H19N3O6S. The predicted octanol–water partition coefficient (Wildman–Crippen LogP) is 2.53. The lowest BCUT2D eigenvalue weighted by molar-refractivity contribution is -0.119. The zero-order valence-electron chi connectivity index (χ0n) is 15.2. The van der Waals surface area contributed by atoms with Crippen LogP contribution in [0, 0.1) is 6.92 Å². The first-order chi connectivity index (χ1) is 12.7. The minimum atomic E-state index is -1.22. The van der Waals surface area contributed by atoms with Crippen molar-refractivity contribution in [2.45, 2.75) is 33.7 Å². The lowest BCUT2D eigenvalue weighted by Crippen LogP contribution is -2.27. The van der Waals surface area contributed by atoms with Crippen LogP contribution in [0.3, 0.4) is 0 Å². The highest BCUT2D eigenvalue weighted by Gasteiger charge is 2.28. The summed E-state index contributed by atoms with van der Waals surface area (Å²) in [7, 11) is 0. The highest BCUT2D eigenvalue weighted by atomic mass is 32.1. The monoisotopic (exact) mass is 393 g/mol. The third-order valence-electron chi connectivity index (χ3n) is 3.82. The summed E-state index contributed by atoms with van der Waals surface area (Å²) in [5, 5.41) is 15.8. The van der Waals surface area contributed by atoms with Gasteiger partial charge in [-0.15, -0.1) is 11.3 Å². The second-order valence-electron chi connectivity index (χ2n) is 5.67. The van der Waals surface area contributed by atoms with Crippen molar-refractivity contribution in [1.29, 1.82) is 0 Å². The minimum absolute atomic E-state index is 0.117. The molecule has 1 amide bonds. The van der Waals surface area contributed by atoms with Crippen LogP contribution in [-0.2, 0) is 9.53 Å². The predicted molar refractivity (Wildman–Crippen MR) is 97.5 cm³/mol. The first kappa shape index (κ1) is 20.3. The van der Waals surface area contributed by atoms with Crippen LogP contribution >= 0.6 is 11.3 Å². The van der Waals surface area contributed by atoms with Crippen LogP contribution in [0.5, 0.6) is 0 Å². The van der Waals surface area contributed by atoms with Gasteiger partial charge in [0, 0.05) is 6.20 Å².